The lowest BCUT2D eigenvalue weighted by Gasteiger charge is -2.14. The molecule has 0 aliphatic carbocycles. The van der Waals surface area contributed by atoms with Gasteiger partial charge in [-0.1, -0.05) is 6.92 Å². The largest absolute Gasteiger partial charge is 0.480 e. The van der Waals surface area contributed by atoms with Gasteiger partial charge in [0.15, 0.2) is 0 Å². The summed E-state index contributed by atoms with van der Waals surface area (Å²) in [5, 5.41) is 8.40. The lowest BCUT2D eigenvalue weighted by Crippen LogP contribution is -2.32. The van der Waals surface area contributed by atoms with Crippen molar-refractivity contribution in [2.75, 3.05) is 0 Å². The van der Waals surface area contributed by atoms with Crippen molar-refractivity contribution >= 4 is 29.2 Å². The number of alkyl halides is 2. The van der Waals surface area contributed by atoms with Gasteiger partial charge < -0.3 is 10.8 Å². The molecule has 2 atom stereocenters. The normalized spacial score (nSPS) is 16.5. The van der Waals surface area contributed by atoms with Crippen LogP contribution >= 0.6 is 23.2 Å². The van der Waals surface area contributed by atoms with Crippen molar-refractivity contribution < 1.29 is 9.90 Å². The molecule has 0 saturated carbocycles. The Kier molecular flexibility index (Phi) is 4.81. The molecule has 0 heterocycles. The molecule has 0 amide bonds. The Hall–Kier alpha value is 0.01000. The fourth-order valence-electron chi connectivity index (χ4n) is 0.604. The van der Waals surface area contributed by atoms with E-state index in [0.29, 0.717) is 6.42 Å². The Morgan fingerprint density at radius 1 is 1.64 bits per heavy atom. The fourth-order valence-corrected chi connectivity index (χ4v) is 0.810. The summed E-state index contributed by atoms with van der Waals surface area (Å²) >= 11 is 11.0. The van der Waals surface area contributed by atoms with Crippen LogP contribution in [0.2, 0.25) is 0 Å². The van der Waals surface area contributed by atoms with Crippen molar-refractivity contribution in [2.24, 2.45) is 11.7 Å². The molecule has 0 rings (SSSR count). The number of nitrogens with two attached hydrogens (primary N) is 1. The van der Waals surface area contributed by atoms with Crippen LogP contribution in [0.3, 0.4) is 0 Å². The summed E-state index contributed by atoms with van der Waals surface area (Å²) in [4.78, 5) is 9.69. The Labute approximate surface area is 75.5 Å². The van der Waals surface area contributed by atoms with Gasteiger partial charge in [-0.25, -0.2) is 0 Å². The van der Waals surface area contributed by atoms with Gasteiger partial charge in [0.2, 0.25) is 0 Å². The molecule has 3 nitrogen and oxygen atoms in total. The summed E-state index contributed by atoms with van der Waals surface area (Å²) in [5.41, 5.74) is 5.24. The monoisotopic (exact) mass is 199 g/mol. The topological polar surface area (TPSA) is 63.3 Å². The smallest absolute Gasteiger partial charge is 0.320 e. The molecule has 3 N–H and O–H groups in total. The molecule has 0 aliphatic rings. The second-order valence-electron chi connectivity index (χ2n) is 2.49. The highest BCUT2D eigenvalue weighted by atomic mass is 35.5. The van der Waals surface area contributed by atoms with Crippen LogP contribution in [0.4, 0.5) is 0 Å². The number of hydrogen-bond donors (Lipinski definition) is 2. The van der Waals surface area contributed by atoms with Crippen LogP contribution in [0, 0.1) is 5.92 Å². The Balaban J connectivity index is 3.75. The van der Waals surface area contributed by atoms with Crippen LogP contribution in [-0.2, 0) is 4.79 Å². The summed E-state index contributed by atoms with van der Waals surface area (Å²) in [6.07, 6.45) is 0.299. The highest BCUT2D eigenvalue weighted by molar-refractivity contribution is 6.44. The highest BCUT2D eigenvalue weighted by Crippen LogP contribution is 2.18. The van der Waals surface area contributed by atoms with Crippen LogP contribution in [-0.4, -0.2) is 22.0 Å². The van der Waals surface area contributed by atoms with E-state index in [1.54, 1.807) is 6.92 Å². The number of carboxylic acid groups (broad SMARTS) is 1. The first-order chi connectivity index (χ1) is 4.95. The van der Waals surface area contributed by atoms with Gasteiger partial charge in [-0.15, -0.1) is 23.2 Å². The van der Waals surface area contributed by atoms with E-state index in [1.165, 1.54) is 0 Å². The lowest BCUT2D eigenvalue weighted by atomic mass is 10.0. The van der Waals surface area contributed by atoms with Crippen molar-refractivity contribution in [3.8, 4) is 0 Å². The van der Waals surface area contributed by atoms with Crippen molar-refractivity contribution in [3.63, 3.8) is 0 Å². The predicted octanol–water partition coefficient (Wildman–Crippen LogP) is 1.23. The minimum atomic E-state index is -1.02. The minimum Gasteiger partial charge on any atom is -0.480 e. The third kappa shape index (κ3) is 4.45. The van der Waals surface area contributed by atoms with Crippen LogP contribution in [0.25, 0.3) is 0 Å². The van der Waals surface area contributed by atoms with Gasteiger partial charge in [0.1, 0.15) is 10.9 Å². The molecule has 0 spiro atoms. The number of aliphatic carboxylic acids is 1. The number of rotatable bonds is 4. The SMILES string of the molecule is CC(C[C@H](N)C(=O)O)C(Cl)Cl. The summed E-state index contributed by atoms with van der Waals surface area (Å²) in [6.45, 7) is 1.76. The first-order valence-electron chi connectivity index (χ1n) is 3.21. The lowest BCUT2D eigenvalue weighted by molar-refractivity contribution is -0.138. The molecule has 0 aliphatic heterocycles. The maximum atomic E-state index is 10.2. The Morgan fingerprint density at radius 2 is 2.09 bits per heavy atom. The molecular weight excluding hydrogens is 189 g/mol. The van der Waals surface area contributed by atoms with Crippen molar-refractivity contribution in [1.29, 1.82) is 0 Å². The molecule has 1 unspecified atom stereocenters. The summed E-state index contributed by atoms with van der Waals surface area (Å²) in [7, 11) is 0. The van der Waals surface area contributed by atoms with E-state index in [4.69, 9.17) is 34.0 Å². The van der Waals surface area contributed by atoms with Gasteiger partial charge in [0, 0.05) is 0 Å². The quantitative estimate of drug-likeness (QED) is 0.670. The number of halogens is 2. The van der Waals surface area contributed by atoms with E-state index in [9.17, 15) is 4.79 Å². The number of carboxylic acids is 1. The zero-order chi connectivity index (χ0) is 9.02. The molecule has 0 aromatic heterocycles. The second kappa shape index (κ2) is 4.80. The minimum absolute atomic E-state index is 0.0931. The number of hydrogen-bond acceptors (Lipinski definition) is 2. The van der Waals surface area contributed by atoms with Crippen LogP contribution in [0.1, 0.15) is 13.3 Å². The molecule has 11 heavy (non-hydrogen) atoms. The van der Waals surface area contributed by atoms with Crippen molar-refractivity contribution in [2.45, 2.75) is 24.2 Å². The number of carbonyl (C=O) groups is 1. The van der Waals surface area contributed by atoms with Crippen molar-refractivity contribution in [1.82, 2.24) is 0 Å². The Morgan fingerprint density at radius 3 is 2.36 bits per heavy atom. The summed E-state index contributed by atoms with van der Waals surface area (Å²) in [5.74, 6) is -1.12. The first-order valence-corrected chi connectivity index (χ1v) is 4.09. The summed E-state index contributed by atoms with van der Waals surface area (Å²) in [6, 6.07) is -0.870. The van der Waals surface area contributed by atoms with E-state index >= 15 is 0 Å². The maximum absolute atomic E-state index is 10.2. The molecule has 0 saturated heterocycles. The van der Waals surface area contributed by atoms with E-state index in [1.807, 2.05) is 0 Å². The molecule has 66 valence electrons. The standard InChI is InChI=1S/C6H11Cl2NO2/c1-3(5(7)8)2-4(9)6(10)11/h3-5H,2,9H2,1H3,(H,10,11)/t3?,4-/m0/s1. The molecule has 0 fully saturated rings. The van der Waals surface area contributed by atoms with Gasteiger partial charge in [-0.2, -0.15) is 0 Å². The van der Waals surface area contributed by atoms with Gasteiger partial charge in [0.05, 0.1) is 0 Å². The van der Waals surface area contributed by atoms with Gasteiger partial charge in [-0.3, -0.25) is 4.79 Å². The molecule has 0 aromatic carbocycles. The molecule has 0 bridgehead atoms. The average Bonchev–Trinajstić information content (AvgIpc) is 1.87. The van der Waals surface area contributed by atoms with Crippen LogP contribution in [0.5, 0.6) is 0 Å². The van der Waals surface area contributed by atoms with E-state index in [2.05, 4.69) is 0 Å². The fraction of sp³-hybridized carbons (Fsp3) is 0.833. The molecule has 0 aromatic rings. The van der Waals surface area contributed by atoms with E-state index in [0.717, 1.165) is 0 Å². The first kappa shape index (κ1) is 11.0. The van der Waals surface area contributed by atoms with Crippen LogP contribution in [0.15, 0.2) is 0 Å². The van der Waals surface area contributed by atoms with E-state index < -0.39 is 16.8 Å². The molecular formula is C6H11Cl2NO2. The summed E-state index contributed by atoms with van der Waals surface area (Å²) < 4.78 is 0. The molecule has 0 radical (unpaired) electrons. The third-order valence-electron chi connectivity index (χ3n) is 1.37. The predicted molar refractivity (Wildman–Crippen MR) is 44.9 cm³/mol. The second-order valence-corrected chi connectivity index (χ2v) is 3.66. The van der Waals surface area contributed by atoms with Crippen LogP contribution < -0.4 is 5.73 Å². The zero-order valence-electron chi connectivity index (χ0n) is 6.13. The maximum Gasteiger partial charge on any atom is 0.320 e. The third-order valence-corrected chi connectivity index (χ3v) is 2.23. The molecule has 5 heteroatoms. The highest BCUT2D eigenvalue weighted by Gasteiger charge is 2.19. The van der Waals surface area contributed by atoms with Crippen molar-refractivity contribution in [3.05, 3.63) is 0 Å². The van der Waals surface area contributed by atoms with Gasteiger partial charge in [-0.05, 0) is 12.3 Å². The average molecular weight is 200 g/mol. The van der Waals surface area contributed by atoms with Gasteiger partial charge >= 0.3 is 5.97 Å². The zero-order valence-corrected chi connectivity index (χ0v) is 7.64. The Bertz CT molecular complexity index is 141. The van der Waals surface area contributed by atoms with Gasteiger partial charge in [0.25, 0.3) is 0 Å². The van der Waals surface area contributed by atoms with E-state index in [-0.39, 0.29) is 5.92 Å².